The number of halogens is 3. The van der Waals surface area contributed by atoms with Gasteiger partial charge >= 0.3 is 0 Å². The minimum absolute atomic E-state index is 0.143. The smallest absolute Gasteiger partial charge is 0.294 e. The van der Waals surface area contributed by atoms with Crippen LogP contribution in [0.15, 0.2) is 16.6 Å². The molecule has 1 fully saturated rings. The molecular formula is C12H12BrF2N3O3. The number of carbonyl (C=O) groups excluding carboxylic acids is 1. The Labute approximate surface area is 127 Å². The number of hydrogen-bond donors (Lipinski definition) is 1. The van der Waals surface area contributed by atoms with Crippen molar-refractivity contribution in [3.63, 3.8) is 0 Å². The topological polar surface area (TPSA) is 89.5 Å². The zero-order valence-corrected chi connectivity index (χ0v) is 12.4. The highest BCUT2D eigenvalue weighted by molar-refractivity contribution is 9.10. The maximum absolute atomic E-state index is 13.5. The number of rotatable bonds is 3. The summed E-state index contributed by atoms with van der Waals surface area (Å²) in [7, 11) is 0. The summed E-state index contributed by atoms with van der Waals surface area (Å²) < 4.78 is 27.4. The summed E-state index contributed by atoms with van der Waals surface area (Å²) >= 11 is 3.05. The molecule has 1 aromatic rings. The molecule has 0 aromatic heterocycles. The van der Waals surface area contributed by atoms with Gasteiger partial charge in [0.2, 0.25) is 0 Å². The number of carbonyl (C=O) groups is 1. The van der Waals surface area contributed by atoms with Crippen LogP contribution in [0, 0.1) is 10.1 Å². The normalized spacial score (nSPS) is 17.6. The van der Waals surface area contributed by atoms with Crippen LogP contribution in [0.25, 0.3) is 0 Å². The van der Waals surface area contributed by atoms with Crippen molar-refractivity contribution in [1.29, 1.82) is 0 Å². The molecule has 0 bridgehead atoms. The fourth-order valence-electron chi connectivity index (χ4n) is 2.40. The van der Waals surface area contributed by atoms with Gasteiger partial charge in [-0.25, -0.2) is 8.78 Å². The molecule has 1 heterocycles. The van der Waals surface area contributed by atoms with Gasteiger partial charge in [0.05, 0.1) is 17.0 Å². The molecule has 1 amide bonds. The minimum Gasteiger partial charge on any atom is -0.366 e. The van der Waals surface area contributed by atoms with Gasteiger partial charge in [0, 0.05) is 23.5 Å². The predicted octanol–water partition coefficient (Wildman–Crippen LogP) is 2.69. The summed E-state index contributed by atoms with van der Waals surface area (Å²) in [6, 6.07) is 2.48. The summed E-state index contributed by atoms with van der Waals surface area (Å²) in [6.07, 6.45) is -0.0991. The number of benzene rings is 1. The van der Waals surface area contributed by atoms with E-state index in [4.69, 9.17) is 5.73 Å². The first kappa shape index (κ1) is 15.6. The highest BCUT2D eigenvalue weighted by Crippen LogP contribution is 2.39. The predicted molar refractivity (Wildman–Crippen MR) is 75.7 cm³/mol. The fraction of sp³-hybridized carbons (Fsp3) is 0.417. The molecule has 0 spiro atoms. The van der Waals surface area contributed by atoms with Gasteiger partial charge in [-0.3, -0.25) is 14.9 Å². The number of nitro groups is 1. The number of nitro benzene ring substituents is 1. The Hall–Kier alpha value is -1.77. The number of alkyl halides is 2. The van der Waals surface area contributed by atoms with E-state index in [-0.39, 0.29) is 35.1 Å². The molecular weight excluding hydrogens is 352 g/mol. The van der Waals surface area contributed by atoms with E-state index in [0.29, 0.717) is 0 Å². The molecule has 0 atom stereocenters. The quantitative estimate of drug-likeness (QED) is 0.660. The van der Waals surface area contributed by atoms with Crippen LogP contribution in [0.2, 0.25) is 0 Å². The van der Waals surface area contributed by atoms with Crippen molar-refractivity contribution in [2.75, 3.05) is 18.0 Å². The maximum Gasteiger partial charge on any atom is 0.294 e. The van der Waals surface area contributed by atoms with Crippen molar-refractivity contribution in [2.24, 2.45) is 5.73 Å². The lowest BCUT2D eigenvalue weighted by Gasteiger charge is -2.34. The first-order valence-corrected chi connectivity index (χ1v) is 6.91. The van der Waals surface area contributed by atoms with Crippen molar-refractivity contribution in [1.82, 2.24) is 0 Å². The molecule has 0 saturated carbocycles. The third kappa shape index (κ3) is 3.29. The van der Waals surface area contributed by atoms with E-state index in [1.165, 1.54) is 12.1 Å². The monoisotopic (exact) mass is 363 g/mol. The SMILES string of the molecule is NC(=O)c1cc(Br)cc([N+](=O)[O-])c1N1CCCC(F)(F)C1. The summed E-state index contributed by atoms with van der Waals surface area (Å²) in [5.41, 5.74) is 4.52. The lowest BCUT2D eigenvalue weighted by molar-refractivity contribution is -0.384. The molecule has 9 heteroatoms. The molecule has 1 aliphatic heterocycles. The van der Waals surface area contributed by atoms with Gasteiger partial charge in [-0.15, -0.1) is 0 Å². The summed E-state index contributed by atoms with van der Waals surface area (Å²) in [6.45, 7) is -0.464. The van der Waals surface area contributed by atoms with Crippen LogP contribution in [0.4, 0.5) is 20.2 Å². The third-order valence-electron chi connectivity index (χ3n) is 3.23. The van der Waals surface area contributed by atoms with Crippen LogP contribution in [-0.4, -0.2) is 29.8 Å². The van der Waals surface area contributed by atoms with E-state index < -0.39 is 29.0 Å². The maximum atomic E-state index is 13.5. The summed E-state index contributed by atoms with van der Waals surface area (Å²) in [4.78, 5) is 23.1. The van der Waals surface area contributed by atoms with Crippen LogP contribution in [0.3, 0.4) is 0 Å². The molecule has 0 radical (unpaired) electrons. The molecule has 1 saturated heterocycles. The number of hydrogen-bond acceptors (Lipinski definition) is 4. The van der Waals surface area contributed by atoms with Crippen LogP contribution in [-0.2, 0) is 0 Å². The number of anilines is 1. The Bertz CT molecular complexity index is 574. The zero-order valence-electron chi connectivity index (χ0n) is 10.8. The van der Waals surface area contributed by atoms with Gasteiger partial charge in [0.1, 0.15) is 5.69 Å². The van der Waals surface area contributed by atoms with E-state index in [0.717, 1.165) is 4.90 Å². The third-order valence-corrected chi connectivity index (χ3v) is 3.68. The van der Waals surface area contributed by atoms with Crippen LogP contribution in [0.5, 0.6) is 0 Å². The number of piperidine rings is 1. The van der Waals surface area contributed by atoms with Gasteiger partial charge in [0.15, 0.2) is 0 Å². The van der Waals surface area contributed by atoms with Crippen molar-refractivity contribution in [2.45, 2.75) is 18.8 Å². The second-order valence-corrected chi connectivity index (χ2v) is 5.74. The van der Waals surface area contributed by atoms with Gasteiger partial charge < -0.3 is 10.6 Å². The Balaban J connectivity index is 2.59. The molecule has 2 rings (SSSR count). The molecule has 1 aliphatic rings. The van der Waals surface area contributed by atoms with E-state index in [1.807, 2.05) is 0 Å². The number of nitrogens with two attached hydrogens (primary N) is 1. The van der Waals surface area contributed by atoms with E-state index in [1.54, 1.807) is 0 Å². The average molecular weight is 364 g/mol. The molecule has 0 unspecified atom stereocenters. The molecule has 1 aromatic carbocycles. The van der Waals surface area contributed by atoms with E-state index in [9.17, 15) is 23.7 Å². The second-order valence-electron chi connectivity index (χ2n) is 4.82. The van der Waals surface area contributed by atoms with Crippen molar-refractivity contribution in [3.05, 3.63) is 32.3 Å². The van der Waals surface area contributed by atoms with Crippen LogP contribution >= 0.6 is 15.9 Å². The van der Waals surface area contributed by atoms with Gasteiger partial charge in [-0.1, -0.05) is 15.9 Å². The molecule has 21 heavy (non-hydrogen) atoms. The average Bonchev–Trinajstić information content (AvgIpc) is 2.36. The summed E-state index contributed by atoms with van der Waals surface area (Å²) in [5.74, 6) is -3.85. The standard InChI is InChI=1S/C12H12BrF2N3O3/c13-7-4-8(11(16)19)10(9(5-7)18(20)21)17-3-1-2-12(14,15)6-17/h4-5H,1-3,6H2,(H2,16,19). The Morgan fingerprint density at radius 2 is 2.14 bits per heavy atom. The van der Waals surface area contributed by atoms with Crippen molar-refractivity contribution in [3.8, 4) is 0 Å². The molecule has 2 N–H and O–H groups in total. The first-order chi connectivity index (χ1) is 9.71. The summed E-state index contributed by atoms with van der Waals surface area (Å²) in [5, 5.41) is 11.2. The van der Waals surface area contributed by atoms with Gasteiger partial charge in [-0.05, 0) is 12.5 Å². The van der Waals surface area contributed by atoms with Crippen LogP contribution < -0.4 is 10.6 Å². The lowest BCUT2D eigenvalue weighted by atomic mass is 10.0. The first-order valence-electron chi connectivity index (χ1n) is 6.12. The van der Waals surface area contributed by atoms with Gasteiger partial charge in [0.25, 0.3) is 17.5 Å². The minimum atomic E-state index is -2.95. The number of primary amides is 1. The number of amides is 1. The molecule has 114 valence electrons. The van der Waals surface area contributed by atoms with E-state index in [2.05, 4.69) is 15.9 Å². The molecule has 6 nitrogen and oxygen atoms in total. The van der Waals surface area contributed by atoms with Crippen molar-refractivity contribution >= 4 is 33.2 Å². The Morgan fingerprint density at radius 3 is 2.67 bits per heavy atom. The molecule has 0 aliphatic carbocycles. The van der Waals surface area contributed by atoms with Crippen LogP contribution in [0.1, 0.15) is 23.2 Å². The fourth-order valence-corrected chi connectivity index (χ4v) is 2.85. The van der Waals surface area contributed by atoms with Crippen molar-refractivity contribution < 1.29 is 18.5 Å². The zero-order chi connectivity index (χ0) is 15.8. The Kier molecular flexibility index (Phi) is 4.13. The highest BCUT2D eigenvalue weighted by Gasteiger charge is 2.38. The van der Waals surface area contributed by atoms with E-state index >= 15 is 0 Å². The highest BCUT2D eigenvalue weighted by atomic mass is 79.9. The Morgan fingerprint density at radius 1 is 1.48 bits per heavy atom. The van der Waals surface area contributed by atoms with Gasteiger partial charge in [-0.2, -0.15) is 0 Å². The lowest BCUT2D eigenvalue weighted by Crippen LogP contribution is -2.43. The number of nitrogens with zero attached hydrogens (tertiary/aromatic N) is 2. The largest absolute Gasteiger partial charge is 0.366 e. The second kappa shape index (κ2) is 5.55.